The van der Waals surface area contributed by atoms with Crippen LogP contribution in [0, 0.1) is 0 Å². The first-order valence-corrected chi connectivity index (χ1v) is 4.21. The lowest BCUT2D eigenvalue weighted by Crippen LogP contribution is -2.05. The molecule has 0 bridgehead atoms. The van der Waals surface area contributed by atoms with Gasteiger partial charge in [0.1, 0.15) is 0 Å². The van der Waals surface area contributed by atoms with Crippen LogP contribution in [0.25, 0.3) is 0 Å². The zero-order chi connectivity index (χ0) is 10.2. The predicted octanol–water partition coefficient (Wildman–Crippen LogP) is 0.0876. The number of hydrogen-bond donors (Lipinski definition) is 0. The number of rotatable bonds is 7. The number of aldehydes is 1. The summed E-state index contributed by atoms with van der Waals surface area (Å²) in [5, 5.41) is 3.58. The monoisotopic (exact) mass is 200 g/mol. The Kier molecular flexibility index (Phi) is 4.81. The summed E-state index contributed by atoms with van der Waals surface area (Å²) in [5.41, 5.74) is 0. The first-order valence-electron chi connectivity index (χ1n) is 4.21. The van der Waals surface area contributed by atoms with Gasteiger partial charge in [0.2, 0.25) is 6.29 Å². The Bertz CT molecular complexity index is 274. The molecular weight excluding hydrogens is 188 g/mol. The fourth-order valence-corrected chi connectivity index (χ4v) is 0.825. The molecule has 1 heterocycles. The van der Waals surface area contributed by atoms with E-state index >= 15 is 0 Å². The van der Waals surface area contributed by atoms with Crippen molar-refractivity contribution in [3.8, 4) is 0 Å². The lowest BCUT2D eigenvalue weighted by Gasteiger charge is -1.99. The number of ether oxygens (including phenoxy) is 2. The Morgan fingerprint density at radius 3 is 2.93 bits per heavy atom. The Morgan fingerprint density at radius 1 is 1.43 bits per heavy atom. The zero-order valence-electron chi connectivity index (χ0n) is 7.93. The van der Waals surface area contributed by atoms with Gasteiger partial charge in [-0.3, -0.25) is 4.79 Å². The molecule has 0 unspecified atom stereocenters. The number of aromatic nitrogens is 2. The van der Waals surface area contributed by atoms with Gasteiger partial charge in [0, 0.05) is 13.5 Å². The molecule has 0 atom stereocenters. The maximum Gasteiger partial charge on any atom is 0.290 e. The quantitative estimate of drug-likeness (QED) is 0.458. The van der Waals surface area contributed by atoms with E-state index in [9.17, 15) is 4.79 Å². The second-order valence-corrected chi connectivity index (χ2v) is 2.52. The van der Waals surface area contributed by atoms with Crippen molar-refractivity contribution in [2.75, 3.05) is 26.9 Å². The molecule has 0 N–H and O–H groups in total. The van der Waals surface area contributed by atoms with E-state index in [0.29, 0.717) is 38.4 Å². The summed E-state index contributed by atoms with van der Waals surface area (Å²) in [6, 6.07) is 0. The normalized spacial score (nSPS) is 10.4. The highest BCUT2D eigenvalue weighted by molar-refractivity contribution is 5.66. The maximum atomic E-state index is 10.2. The van der Waals surface area contributed by atoms with Gasteiger partial charge in [0.15, 0.2) is 5.82 Å². The van der Waals surface area contributed by atoms with Crippen LogP contribution in [-0.4, -0.2) is 43.4 Å². The molecule has 0 spiro atoms. The summed E-state index contributed by atoms with van der Waals surface area (Å²) in [4.78, 5) is 14.0. The van der Waals surface area contributed by atoms with Crippen LogP contribution >= 0.6 is 0 Å². The first kappa shape index (κ1) is 10.8. The number of carbonyl (C=O) groups is 1. The number of nitrogens with zero attached hydrogens (tertiary/aromatic N) is 2. The number of carbonyl (C=O) groups excluding carboxylic acids is 1. The molecule has 0 aromatic carbocycles. The highest BCUT2D eigenvalue weighted by atomic mass is 16.5. The third kappa shape index (κ3) is 3.63. The molecule has 0 aliphatic carbocycles. The summed E-state index contributed by atoms with van der Waals surface area (Å²) in [7, 11) is 1.61. The molecule has 14 heavy (non-hydrogen) atoms. The molecule has 6 heteroatoms. The molecule has 1 aromatic heterocycles. The minimum atomic E-state index is -0.00288. The number of hydrogen-bond acceptors (Lipinski definition) is 6. The van der Waals surface area contributed by atoms with Crippen LogP contribution in [0.2, 0.25) is 0 Å². The van der Waals surface area contributed by atoms with E-state index in [1.807, 2.05) is 0 Å². The van der Waals surface area contributed by atoms with Crippen molar-refractivity contribution in [2.45, 2.75) is 6.42 Å². The lowest BCUT2D eigenvalue weighted by molar-refractivity contribution is 0.0714. The highest BCUT2D eigenvalue weighted by Gasteiger charge is 2.03. The van der Waals surface area contributed by atoms with Gasteiger partial charge < -0.3 is 14.0 Å². The van der Waals surface area contributed by atoms with Crippen LogP contribution in [0.15, 0.2) is 4.52 Å². The molecule has 0 aliphatic heterocycles. The van der Waals surface area contributed by atoms with Crippen molar-refractivity contribution in [1.82, 2.24) is 10.1 Å². The summed E-state index contributed by atoms with van der Waals surface area (Å²) in [5.74, 6) is 0.474. The van der Waals surface area contributed by atoms with Gasteiger partial charge in [-0.15, -0.1) is 0 Å². The SMILES string of the molecule is COCCOCCc1noc(C=O)n1. The van der Waals surface area contributed by atoms with E-state index in [4.69, 9.17) is 9.47 Å². The molecule has 0 fully saturated rings. The molecule has 1 aromatic rings. The fourth-order valence-electron chi connectivity index (χ4n) is 0.825. The van der Waals surface area contributed by atoms with Crippen LogP contribution in [-0.2, 0) is 15.9 Å². The Labute approximate surface area is 81.2 Å². The lowest BCUT2D eigenvalue weighted by atomic mass is 10.4. The van der Waals surface area contributed by atoms with E-state index in [1.54, 1.807) is 7.11 Å². The largest absolute Gasteiger partial charge is 0.382 e. The Morgan fingerprint density at radius 2 is 2.29 bits per heavy atom. The smallest absolute Gasteiger partial charge is 0.290 e. The van der Waals surface area contributed by atoms with Gasteiger partial charge >= 0.3 is 0 Å². The Balaban J connectivity index is 2.14. The first-order chi connectivity index (χ1) is 6.86. The van der Waals surface area contributed by atoms with Gasteiger partial charge in [-0.2, -0.15) is 4.98 Å². The van der Waals surface area contributed by atoms with Crippen molar-refractivity contribution in [3.05, 3.63) is 11.7 Å². The van der Waals surface area contributed by atoms with E-state index < -0.39 is 0 Å². The predicted molar refractivity (Wildman–Crippen MR) is 46.1 cm³/mol. The van der Waals surface area contributed by atoms with E-state index in [2.05, 4.69) is 14.7 Å². The van der Waals surface area contributed by atoms with Crippen LogP contribution < -0.4 is 0 Å². The second-order valence-electron chi connectivity index (χ2n) is 2.52. The standard InChI is InChI=1S/C8H12N2O4/c1-12-4-5-13-3-2-7-9-8(6-11)14-10-7/h6H,2-5H2,1H3. The average Bonchev–Trinajstić information content (AvgIpc) is 2.65. The van der Waals surface area contributed by atoms with Gasteiger partial charge in [0.05, 0.1) is 19.8 Å². The molecule has 0 saturated carbocycles. The molecule has 1 rings (SSSR count). The molecule has 0 radical (unpaired) electrons. The van der Waals surface area contributed by atoms with Gasteiger partial charge in [-0.25, -0.2) is 0 Å². The summed E-state index contributed by atoms with van der Waals surface area (Å²) < 4.78 is 14.6. The minimum absolute atomic E-state index is 0.00288. The van der Waals surface area contributed by atoms with Crippen LogP contribution in [0.5, 0.6) is 0 Å². The molecule has 78 valence electrons. The Hall–Kier alpha value is -1.27. The van der Waals surface area contributed by atoms with Crippen molar-refractivity contribution in [2.24, 2.45) is 0 Å². The van der Waals surface area contributed by atoms with Gasteiger partial charge in [-0.1, -0.05) is 5.16 Å². The maximum absolute atomic E-state index is 10.2. The van der Waals surface area contributed by atoms with Gasteiger partial charge in [-0.05, 0) is 0 Å². The second kappa shape index (κ2) is 6.22. The van der Waals surface area contributed by atoms with E-state index in [-0.39, 0.29) is 5.89 Å². The minimum Gasteiger partial charge on any atom is -0.382 e. The van der Waals surface area contributed by atoms with E-state index in [0.717, 1.165) is 0 Å². The average molecular weight is 200 g/mol. The molecule has 6 nitrogen and oxygen atoms in total. The molecule has 0 aliphatic rings. The molecule has 0 saturated heterocycles. The molecule has 0 amide bonds. The topological polar surface area (TPSA) is 74.5 Å². The fraction of sp³-hybridized carbons (Fsp3) is 0.625. The van der Waals surface area contributed by atoms with Crippen LogP contribution in [0.3, 0.4) is 0 Å². The zero-order valence-corrected chi connectivity index (χ0v) is 7.93. The van der Waals surface area contributed by atoms with E-state index in [1.165, 1.54) is 0 Å². The number of methoxy groups -OCH3 is 1. The van der Waals surface area contributed by atoms with Gasteiger partial charge in [0.25, 0.3) is 5.89 Å². The summed E-state index contributed by atoms with van der Waals surface area (Å²) >= 11 is 0. The third-order valence-electron chi connectivity index (χ3n) is 1.49. The summed E-state index contributed by atoms with van der Waals surface area (Å²) in [6.07, 6.45) is 1.04. The molecular formula is C8H12N2O4. The van der Waals surface area contributed by atoms with Crippen molar-refractivity contribution in [1.29, 1.82) is 0 Å². The third-order valence-corrected chi connectivity index (χ3v) is 1.49. The van der Waals surface area contributed by atoms with Crippen molar-refractivity contribution >= 4 is 6.29 Å². The van der Waals surface area contributed by atoms with Crippen LogP contribution in [0.1, 0.15) is 16.5 Å². The highest BCUT2D eigenvalue weighted by Crippen LogP contribution is 1.95. The van der Waals surface area contributed by atoms with Crippen molar-refractivity contribution in [3.63, 3.8) is 0 Å². The van der Waals surface area contributed by atoms with Crippen molar-refractivity contribution < 1.29 is 18.8 Å². The summed E-state index contributed by atoms with van der Waals surface area (Å²) in [6.45, 7) is 1.59. The van der Waals surface area contributed by atoms with Crippen LogP contribution in [0.4, 0.5) is 0 Å².